The molecule has 0 spiro atoms. The number of anilines is 1. The average molecular weight is 328 g/mol. The topological polar surface area (TPSA) is 42.0 Å². The van der Waals surface area contributed by atoms with Crippen molar-refractivity contribution in [1.82, 2.24) is 4.90 Å². The summed E-state index contributed by atoms with van der Waals surface area (Å²) in [5.74, 6) is 0.135. The molecule has 1 aliphatic rings. The molecule has 0 aromatic heterocycles. The van der Waals surface area contributed by atoms with E-state index in [1.807, 2.05) is 20.8 Å². The summed E-state index contributed by atoms with van der Waals surface area (Å²) in [6.45, 7) is 5.13. The van der Waals surface area contributed by atoms with Crippen LogP contribution in [-0.2, 0) is 4.74 Å². The van der Waals surface area contributed by atoms with Crippen LogP contribution in [-0.4, -0.2) is 49.4 Å². The van der Waals surface area contributed by atoms with Crippen LogP contribution >= 0.6 is 0 Å². The summed E-state index contributed by atoms with van der Waals surface area (Å²) in [6.07, 6.45) is -0.308. The molecule has 0 unspecified atom stereocenters. The number of amides is 1. The second-order valence-corrected chi connectivity index (χ2v) is 6.33. The number of halogens is 2. The molecule has 1 aliphatic heterocycles. The van der Waals surface area contributed by atoms with E-state index in [2.05, 4.69) is 9.64 Å². The van der Waals surface area contributed by atoms with Crippen molar-refractivity contribution < 1.29 is 23.0 Å². The van der Waals surface area contributed by atoms with Gasteiger partial charge < -0.3 is 19.3 Å². The van der Waals surface area contributed by atoms with E-state index in [0.29, 0.717) is 26.2 Å². The van der Waals surface area contributed by atoms with E-state index in [-0.39, 0.29) is 11.8 Å². The highest BCUT2D eigenvalue weighted by Gasteiger charge is 2.25. The van der Waals surface area contributed by atoms with Crippen LogP contribution in [0, 0.1) is 0 Å². The maximum atomic E-state index is 12.1. The molecule has 1 fully saturated rings. The third-order valence-electron chi connectivity index (χ3n) is 3.36. The Morgan fingerprint density at radius 2 is 1.65 bits per heavy atom. The Bertz CT molecular complexity index is 521. The largest absolute Gasteiger partial charge is 0.444 e. The van der Waals surface area contributed by atoms with Crippen molar-refractivity contribution in [3.8, 4) is 5.75 Å². The minimum Gasteiger partial charge on any atom is -0.444 e. The molecule has 0 N–H and O–H groups in total. The zero-order valence-electron chi connectivity index (χ0n) is 13.6. The second-order valence-electron chi connectivity index (χ2n) is 6.33. The summed E-state index contributed by atoms with van der Waals surface area (Å²) >= 11 is 0. The van der Waals surface area contributed by atoms with Crippen LogP contribution in [0.25, 0.3) is 0 Å². The van der Waals surface area contributed by atoms with Crippen molar-refractivity contribution in [3.63, 3.8) is 0 Å². The van der Waals surface area contributed by atoms with Gasteiger partial charge >= 0.3 is 12.7 Å². The molecule has 0 radical (unpaired) electrons. The maximum absolute atomic E-state index is 12.1. The summed E-state index contributed by atoms with van der Waals surface area (Å²) in [7, 11) is 0. The molecule has 1 heterocycles. The van der Waals surface area contributed by atoms with Gasteiger partial charge in [0.1, 0.15) is 11.4 Å². The highest BCUT2D eigenvalue weighted by Crippen LogP contribution is 2.22. The summed E-state index contributed by atoms with van der Waals surface area (Å²) in [4.78, 5) is 15.8. The number of carbonyl (C=O) groups is 1. The van der Waals surface area contributed by atoms with Crippen molar-refractivity contribution in [2.75, 3.05) is 31.1 Å². The molecule has 1 aromatic carbocycles. The van der Waals surface area contributed by atoms with E-state index in [1.54, 1.807) is 17.0 Å². The van der Waals surface area contributed by atoms with Crippen molar-refractivity contribution in [2.24, 2.45) is 0 Å². The third-order valence-corrected chi connectivity index (χ3v) is 3.36. The lowest BCUT2D eigenvalue weighted by atomic mass is 10.2. The monoisotopic (exact) mass is 328 g/mol. The lowest BCUT2D eigenvalue weighted by Crippen LogP contribution is -2.50. The summed E-state index contributed by atoms with van der Waals surface area (Å²) in [5.41, 5.74) is 0.407. The van der Waals surface area contributed by atoms with Crippen LogP contribution in [0.4, 0.5) is 19.3 Å². The SMILES string of the molecule is CC(C)(C)OC(=O)N1CCN(c2ccc(OC(F)F)cc2)CC1. The van der Waals surface area contributed by atoms with Gasteiger partial charge in [-0.15, -0.1) is 0 Å². The molecule has 7 heteroatoms. The van der Waals surface area contributed by atoms with Crippen molar-refractivity contribution in [3.05, 3.63) is 24.3 Å². The Labute approximate surface area is 134 Å². The average Bonchev–Trinajstić information content (AvgIpc) is 2.46. The van der Waals surface area contributed by atoms with Gasteiger partial charge in [0.15, 0.2) is 0 Å². The number of carbonyl (C=O) groups excluding carboxylic acids is 1. The Morgan fingerprint density at radius 1 is 1.09 bits per heavy atom. The Kier molecular flexibility index (Phi) is 5.28. The fourth-order valence-corrected chi connectivity index (χ4v) is 2.31. The van der Waals surface area contributed by atoms with Gasteiger partial charge in [-0.05, 0) is 45.0 Å². The number of hydrogen-bond acceptors (Lipinski definition) is 4. The number of piperazine rings is 1. The molecule has 0 bridgehead atoms. The second kappa shape index (κ2) is 7.02. The van der Waals surface area contributed by atoms with Gasteiger partial charge in [-0.3, -0.25) is 0 Å². The van der Waals surface area contributed by atoms with Gasteiger partial charge in [-0.25, -0.2) is 4.79 Å². The molecule has 1 amide bonds. The molecule has 2 rings (SSSR count). The van der Waals surface area contributed by atoms with Crippen LogP contribution in [0.5, 0.6) is 5.75 Å². The predicted octanol–water partition coefficient (Wildman–Crippen LogP) is 3.35. The molecule has 1 saturated heterocycles. The number of hydrogen-bond donors (Lipinski definition) is 0. The van der Waals surface area contributed by atoms with Gasteiger partial charge in [-0.2, -0.15) is 8.78 Å². The van der Waals surface area contributed by atoms with Crippen molar-refractivity contribution in [1.29, 1.82) is 0 Å². The molecule has 0 aliphatic carbocycles. The molecule has 0 atom stereocenters. The minimum absolute atomic E-state index is 0.135. The van der Waals surface area contributed by atoms with Crippen LogP contribution < -0.4 is 9.64 Å². The summed E-state index contributed by atoms with van der Waals surface area (Å²) in [6, 6.07) is 6.51. The van der Waals surface area contributed by atoms with E-state index in [9.17, 15) is 13.6 Å². The smallest absolute Gasteiger partial charge is 0.410 e. The summed E-state index contributed by atoms with van der Waals surface area (Å²) < 4.78 is 33.9. The minimum atomic E-state index is -2.82. The zero-order valence-corrected chi connectivity index (χ0v) is 13.6. The van der Waals surface area contributed by atoms with Gasteiger partial charge in [-0.1, -0.05) is 0 Å². The first-order chi connectivity index (χ1) is 10.7. The highest BCUT2D eigenvalue weighted by atomic mass is 19.3. The number of rotatable bonds is 3. The van der Waals surface area contributed by atoms with E-state index >= 15 is 0 Å². The standard InChI is InChI=1S/C16H22F2N2O3/c1-16(2,3)23-15(21)20-10-8-19(9-11-20)12-4-6-13(7-5-12)22-14(17)18/h4-7,14H,8-11H2,1-3H3. The Balaban J connectivity index is 1.88. The molecule has 128 valence electrons. The van der Waals surface area contributed by atoms with Crippen LogP contribution in [0.15, 0.2) is 24.3 Å². The molecule has 0 saturated carbocycles. The van der Waals surface area contributed by atoms with E-state index < -0.39 is 12.2 Å². The zero-order chi connectivity index (χ0) is 17.0. The van der Waals surface area contributed by atoms with Crippen LogP contribution in [0.3, 0.4) is 0 Å². The fourth-order valence-electron chi connectivity index (χ4n) is 2.31. The van der Waals surface area contributed by atoms with Gasteiger partial charge in [0.2, 0.25) is 0 Å². The fraction of sp³-hybridized carbons (Fsp3) is 0.562. The normalized spacial score (nSPS) is 15.7. The van der Waals surface area contributed by atoms with Gasteiger partial charge in [0.25, 0.3) is 0 Å². The highest BCUT2D eigenvalue weighted by molar-refractivity contribution is 5.68. The molecule has 23 heavy (non-hydrogen) atoms. The third kappa shape index (κ3) is 5.26. The van der Waals surface area contributed by atoms with Gasteiger partial charge in [0, 0.05) is 31.9 Å². The maximum Gasteiger partial charge on any atom is 0.410 e. The number of ether oxygens (including phenoxy) is 2. The quantitative estimate of drug-likeness (QED) is 0.853. The van der Waals surface area contributed by atoms with Crippen LogP contribution in [0.1, 0.15) is 20.8 Å². The molecule has 1 aromatic rings. The van der Waals surface area contributed by atoms with Gasteiger partial charge in [0.05, 0.1) is 0 Å². The lowest BCUT2D eigenvalue weighted by Gasteiger charge is -2.36. The van der Waals surface area contributed by atoms with Crippen molar-refractivity contribution in [2.45, 2.75) is 33.0 Å². The van der Waals surface area contributed by atoms with E-state index in [1.165, 1.54) is 12.1 Å². The van der Waals surface area contributed by atoms with Crippen molar-refractivity contribution >= 4 is 11.8 Å². The number of nitrogens with zero attached hydrogens (tertiary/aromatic N) is 2. The predicted molar refractivity (Wildman–Crippen MR) is 83.1 cm³/mol. The lowest BCUT2D eigenvalue weighted by molar-refractivity contribution is -0.0498. The molecular formula is C16H22F2N2O3. The Morgan fingerprint density at radius 3 is 2.13 bits per heavy atom. The number of alkyl halides is 2. The van der Waals surface area contributed by atoms with E-state index in [0.717, 1.165) is 5.69 Å². The number of benzene rings is 1. The molecule has 5 nitrogen and oxygen atoms in total. The first-order valence-electron chi connectivity index (χ1n) is 7.52. The van der Waals surface area contributed by atoms with E-state index in [4.69, 9.17) is 4.74 Å². The molecular weight excluding hydrogens is 306 g/mol. The Hall–Kier alpha value is -2.05. The first-order valence-corrected chi connectivity index (χ1v) is 7.52. The first kappa shape index (κ1) is 17.3. The van der Waals surface area contributed by atoms with Crippen LogP contribution in [0.2, 0.25) is 0 Å². The summed E-state index contributed by atoms with van der Waals surface area (Å²) in [5, 5.41) is 0.